The number of rotatable bonds is 4. The van der Waals surface area contributed by atoms with Crippen molar-refractivity contribution < 1.29 is 31.4 Å². The van der Waals surface area contributed by atoms with Crippen molar-refractivity contribution in [1.82, 2.24) is 15.2 Å². The molecule has 194 valence electrons. The van der Waals surface area contributed by atoms with E-state index in [2.05, 4.69) is 15.2 Å². The quantitative estimate of drug-likeness (QED) is 0.231. The number of aryl methyl sites for hydroxylation is 1. The number of nitrogens with one attached hydrogen (secondary N) is 2. The predicted octanol–water partition coefficient (Wildman–Crippen LogP) is 4.60. The van der Waals surface area contributed by atoms with Crippen LogP contribution in [0.15, 0.2) is 42.5 Å². The van der Waals surface area contributed by atoms with Gasteiger partial charge in [-0.2, -0.15) is 31.4 Å². The van der Waals surface area contributed by atoms with Gasteiger partial charge in [-0.15, -0.1) is 0 Å². The summed E-state index contributed by atoms with van der Waals surface area (Å²) < 4.78 is 78.3. The lowest BCUT2D eigenvalue weighted by Gasteiger charge is -2.32. The van der Waals surface area contributed by atoms with Crippen molar-refractivity contribution in [2.45, 2.75) is 44.8 Å². The summed E-state index contributed by atoms with van der Waals surface area (Å²) in [6.07, 6.45) is -11.1. The average molecular weight is 514 g/mol. The smallest absolute Gasteiger partial charge is 0.388 e. The van der Waals surface area contributed by atoms with E-state index in [9.17, 15) is 31.4 Å². The summed E-state index contributed by atoms with van der Waals surface area (Å²) >= 11 is 0. The van der Waals surface area contributed by atoms with E-state index < -0.39 is 23.5 Å². The topological polar surface area (TPSA) is 115 Å². The first-order valence-electron chi connectivity index (χ1n) is 10.7. The fraction of sp³-hybridized carbons (Fsp3) is 0.348. The Morgan fingerprint density at radius 1 is 1.08 bits per heavy atom. The molecule has 5 N–H and O–H groups in total. The summed E-state index contributed by atoms with van der Waals surface area (Å²) in [6, 6.07) is 9.39. The second-order valence-electron chi connectivity index (χ2n) is 8.35. The van der Waals surface area contributed by atoms with Crippen molar-refractivity contribution in [3.63, 3.8) is 0 Å². The zero-order chi connectivity index (χ0) is 26.9. The normalized spacial score (nSPS) is 13.8. The molecular weight excluding hydrogens is 490 g/mol. The van der Waals surface area contributed by atoms with Crippen LogP contribution in [-0.2, 0) is 18.6 Å². The van der Waals surface area contributed by atoms with Crippen LogP contribution in [0.25, 0.3) is 11.4 Å². The van der Waals surface area contributed by atoms with E-state index >= 15 is 0 Å². The molecule has 7 nitrogen and oxygen atoms in total. The van der Waals surface area contributed by atoms with Crippen LogP contribution in [0.2, 0.25) is 0 Å². The van der Waals surface area contributed by atoms with E-state index in [0.29, 0.717) is 42.4 Å². The highest BCUT2D eigenvalue weighted by atomic mass is 19.4. The van der Waals surface area contributed by atoms with Gasteiger partial charge in [-0.25, -0.2) is 4.98 Å². The van der Waals surface area contributed by atoms with Gasteiger partial charge in [-0.1, -0.05) is 24.3 Å². The van der Waals surface area contributed by atoms with Crippen LogP contribution in [0.4, 0.5) is 32.0 Å². The lowest BCUT2D eigenvalue weighted by atomic mass is 9.91. The molecule has 0 fully saturated rings. The van der Waals surface area contributed by atoms with Crippen molar-refractivity contribution in [1.29, 1.82) is 5.41 Å². The van der Waals surface area contributed by atoms with Gasteiger partial charge in [0, 0.05) is 29.9 Å². The second-order valence-corrected chi connectivity index (χ2v) is 8.35. The molecular formula is C23H24F6N6O. The lowest BCUT2D eigenvalue weighted by Crippen LogP contribution is -2.53. The van der Waals surface area contributed by atoms with Crippen LogP contribution < -0.4 is 10.6 Å². The molecule has 4 rings (SSSR count). The molecule has 0 atom stereocenters. The van der Waals surface area contributed by atoms with Crippen LogP contribution in [-0.4, -0.2) is 45.0 Å². The van der Waals surface area contributed by atoms with E-state index in [-0.39, 0.29) is 5.84 Å². The Balaban J connectivity index is 0.000000840. The maximum atomic E-state index is 13.0. The molecule has 3 aromatic rings. The van der Waals surface area contributed by atoms with Crippen molar-refractivity contribution in [2.75, 3.05) is 11.4 Å². The summed E-state index contributed by atoms with van der Waals surface area (Å²) in [5.41, 5.74) is 1.83. The fourth-order valence-electron chi connectivity index (χ4n) is 3.81. The van der Waals surface area contributed by atoms with Gasteiger partial charge in [-0.05, 0) is 49.6 Å². The third-order valence-electron chi connectivity index (χ3n) is 5.49. The molecule has 0 saturated heterocycles. The number of nitrogens with two attached hydrogens (primary N) is 1. The monoisotopic (exact) mass is 514 g/mol. The Bertz CT molecular complexity index is 1200. The molecule has 0 radical (unpaired) electrons. The Kier molecular flexibility index (Phi) is 7.35. The van der Waals surface area contributed by atoms with E-state index in [0.717, 1.165) is 23.2 Å². The molecule has 0 amide bonds. The van der Waals surface area contributed by atoms with Crippen molar-refractivity contribution in [3.8, 4) is 11.4 Å². The third kappa shape index (κ3) is 5.45. The number of nitrogens with zero attached hydrogens (tertiary/aromatic N) is 3. The Labute approximate surface area is 202 Å². The molecule has 1 aromatic heterocycles. The maximum Gasteiger partial charge on any atom is 0.430 e. The standard InChI is InChI=1S/C21H18F6N4O.C2H6N2/c1-12-28-18(30-29-12)15-4-7-17-14(10-15)8-9-31(17)11-13-2-5-16(6-3-13)19(32,20(22,23)24)21(25,26)27;1-2(3)4/h2-7,10,32H,8-9,11H2,1H3,(H,28,29,30);1H3,(H3,3,4). The number of alkyl halides is 6. The first-order chi connectivity index (χ1) is 16.6. The van der Waals surface area contributed by atoms with Crippen LogP contribution in [0.3, 0.4) is 0 Å². The lowest BCUT2D eigenvalue weighted by molar-refractivity contribution is -0.376. The highest BCUT2D eigenvalue weighted by Crippen LogP contribution is 2.50. The average Bonchev–Trinajstić information content (AvgIpc) is 3.37. The minimum atomic E-state index is -5.90. The second kappa shape index (κ2) is 9.80. The number of hydrogen-bond donors (Lipinski definition) is 4. The van der Waals surface area contributed by atoms with E-state index in [1.165, 1.54) is 19.1 Å². The highest BCUT2D eigenvalue weighted by Gasteiger charge is 2.71. The summed E-state index contributed by atoms with van der Waals surface area (Å²) in [5.74, 6) is 1.43. The van der Waals surface area contributed by atoms with E-state index in [1.807, 2.05) is 23.1 Å². The molecule has 1 aliphatic heterocycles. The third-order valence-corrected chi connectivity index (χ3v) is 5.49. The first-order valence-corrected chi connectivity index (χ1v) is 10.7. The largest absolute Gasteiger partial charge is 0.430 e. The molecule has 0 unspecified atom stereocenters. The number of aromatic nitrogens is 3. The van der Waals surface area contributed by atoms with Crippen molar-refractivity contribution in [2.24, 2.45) is 5.73 Å². The Morgan fingerprint density at radius 2 is 1.67 bits per heavy atom. The summed E-state index contributed by atoms with van der Waals surface area (Å²) in [6.45, 7) is 4.26. The van der Waals surface area contributed by atoms with E-state index in [1.54, 1.807) is 6.92 Å². The van der Waals surface area contributed by atoms with Crippen molar-refractivity contribution in [3.05, 3.63) is 65.0 Å². The minimum Gasteiger partial charge on any atom is -0.388 e. The molecule has 0 bridgehead atoms. The molecule has 2 aromatic carbocycles. The Morgan fingerprint density at radius 3 is 2.17 bits per heavy atom. The first kappa shape index (κ1) is 27.0. The van der Waals surface area contributed by atoms with Gasteiger partial charge in [0.05, 0.1) is 5.84 Å². The van der Waals surface area contributed by atoms with Crippen LogP contribution >= 0.6 is 0 Å². The summed E-state index contributed by atoms with van der Waals surface area (Å²) in [4.78, 5) is 6.28. The predicted molar refractivity (Wildman–Crippen MR) is 121 cm³/mol. The number of halogens is 6. The van der Waals surface area contributed by atoms with Crippen LogP contribution in [0.5, 0.6) is 0 Å². The highest BCUT2D eigenvalue weighted by molar-refractivity contribution is 5.73. The number of fused-ring (bicyclic) bond motifs is 1. The molecule has 0 aliphatic carbocycles. The number of anilines is 1. The summed E-state index contributed by atoms with van der Waals surface area (Å²) in [5, 5.41) is 22.7. The van der Waals surface area contributed by atoms with E-state index in [4.69, 9.17) is 11.1 Å². The maximum absolute atomic E-state index is 13.0. The van der Waals surface area contributed by atoms with Gasteiger partial charge >= 0.3 is 12.4 Å². The number of H-pyrrole nitrogens is 1. The SMILES string of the molecule is CC(=N)N.Cc1nc(-c2ccc3c(c2)CCN3Cc2ccc(C(O)(C(F)(F)F)C(F)(F)F)cc2)n[nH]1. The molecule has 0 spiro atoms. The molecule has 2 heterocycles. The molecule has 0 saturated carbocycles. The number of hydrogen-bond acceptors (Lipinski definition) is 5. The molecule has 1 aliphatic rings. The number of amidine groups is 1. The summed E-state index contributed by atoms with van der Waals surface area (Å²) in [7, 11) is 0. The Hall–Kier alpha value is -3.61. The number of aromatic amines is 1. The molecule has 13 heteroatoms. The zero-order valence-electron chi connectivity index (χ0n) is 19.3. The number of benzene rings is 2. The van der Waals surface area contributed by atoms with Crippen LogP contribution in [0.1, 0.15) is 29.4 Å². The zero-order valence-corrected chi connectivity index (χ0v) is 19.3. The fourth-order valence-corrected chi connectivity index (χ4v) is 3.81. The molecule has 36 heavy (non-hydrogen) atoms. The van der Waals surface area contributed by atoms with Gasteiger partial charge in [0.1, 0.15) is 5.82 Å². The van der Waals surface area contributed by atoms with Gasteiger partial charge in [0.25, 0.3) is 5.60 Å². The van der Waals surface area contributed by atoms with Crippen molar-refractivity contribution >= 4 is 11.5 Å². The van der Waals surface area contributed by atoms with Gasteiger partial charge in [0.15, 0.2) is 5.82 Å². The number of aliphatic hydroxyl groups is 1. The van der Waals surface area contributed by atoms with Gasteiger partial charge in [-0.3, -0.25) is 10.5 Å². The minimum absolute atomic E-state index is 0.167. The van der Waals surface area contributed by atoms with Crippen LogP contribution in [0, 0.1) is 12.3 Å². The van der Waals surface area contributed by atoms with Gasteiger partial charge in [0.2, 0.25) is 0 Å². The van der Waals surface area contributed by atoms with Gasteiger partial charge < -0.3 is 15.7 Å².